The second-order valence-electron chi connectivity index (χ2n) is 7.65. The Balaban J connectivity index is 1.44. The Morgan fingerprint density at radius 3 is 2.71 bits per heavy atom. The summed E-state index contributed by atoms with van der Waals surface area (Å²) in [6, 6.07) is 16.5. The van der Waals surface area contributed by atoms with Crippen molar-refractivity contribution in [2.24, 2.45) is 0 Å². The second-order valence-corrected chi connectivity index (χ2v) is 7.65. The minimum Gasteiger partial charge on any atom is -0.332 e. The van der Waals surface area contributed by atoms with E-state index in [0.717, 1.165) is 29.2 Å². The zero-order valence-corrected chi connectivity index (χ0v) is 16.9. The molecule has 0 radical (unpaired) electrons. The third-order valence-electron chi connectivity index (χ3n) is 5.74. The van der Waals surface area contributed by atoms with Crippen molar-refractivity contribution in [1.29, 1.82) is 0 Å². The minimum absolute atomic E-state index is 0.0994. The normalized spacial score (nSPS) is 16.0. The van der Waals surface area contributed by atoms with E-state index in [4.69, 9.17) is 0 Å². The maximum Gasteiger partial charge on any atom is 0.273 e. The van der Waals surface area contributed by atoms with Crippen LogP contribution in [0.4, 0.5) is 0 Å². The highest BCUT2D eigenvalue weighted by Gasteiger charge is 2.31. The zero-order chi connectivity index (χ0) is 21.2. The van der Waals surface area contributed by atoms with Gasteiger partial charge in [0, 0.05) is 42.2 Å². The Kier molecular flexibility index (Phi) is 5.00. The van der Waals surface area contributed by atoms with Gasteiger partial charge < -0.3 is 4.90 Å². The summed E-state index contributed by atoms with van der Waals surface area (Å²) in [7, 11) is 0. The minimum atomic E-state index is -0.180. The van der Waals surface area contributed by atoms with Gasteiger partial charge in [-0.3, -0.25) is 19.6 Å². The average Bonchev–Trinajstić information content (AvgIpc) is 3.28. The van der Waals surface area contributed by atoms with Crippen LogP contribution in [-0.4, -0.2) is 43.1 Å². The van der Waals surface area contributed by atoms with Crippen LogP contribution in [0.15, 0.2) is 78.0 Å². The molecule has 31 heavy (non-hydrogen) atoms. The van der Waals surface area contributed by atoms with Crippen molar-refractivity contribution < 1.29 is 4.79 Å². The SMILES string of the molecule is O=C(c1nccc2ccccc12)N1CCCC1Cn1nc(-c2ccncc2)ccc1=O. The highest BCUT2D eigenvalue weighted by molar-refractivity contribution is 6.05. The number of fused-ring (bicyclic) bond motifs is 1. The van der Waals surface area contributed by atoms with E-state index in [1.165, 1.54) is 10.7 Å². The lowest BCUT2D eigenvalue weighted by Crippen LogP contribution is -2.41. The molecule has 0 spiro atoms. The van der Waals surface area contributed by atoms with Gasteiger partial charge in [0.15, 0.2) is 0 Å². The Hall–Kier alpha value is -3.87. The van der Waals surface area contributed by atoms with Crippen LogP contribution in [0.3, 0.4) is 0 Å². The van der Waals surface area contributed by atoms with E-state index in [9.17, 15) is 9.59 Å². The molecule has 1 aliphatic heterocycles. The second kappa shape index (κ2) is 8.10. The predicted octanol–water partition coefficient (Wildman–Crippen LogP) is 3.16. The van der Waals surface area contributed by atoms with Crippen LogP contribution in [-0.2, 0) is 6.54 Å². The molecule has 1 saturated heterocycles. The molecule has 1 aliphatic rings. The topological polar surface area (TPSA) is 81.0 Å². The largest absolute Gasteiger partial charge is 0.332 e. The summed E-state index contributed by atoms with van der Waals surface area (Å²) in [5.41, 5.74) is 1.87. The molecule has 3 aromatic heterocycles. The summed E-state index contributed by atoms with van der Waals surface area (Å²) in [6.45, 7) is 1.00. The summed E-state index contributed by atoms with van der Waals surface area (Å²) in [4.78, 5) is 36.1. The summed E-state index contributed by atoms with van der Waals surface area (Å²) in [5.74, 6) is -0.0994. The van der Waals surface area contributed by atoms with Crippen molar-refractivity contribution in [2.45, 2.75) is 25.4 Å². The molecule has 4 aromatic rings. The van der Waals surface area contributed by atoms with Crippen LogP contribution in [0.2, 0.25) is 0 Å². The van der Waals surface area contributed by atoms with E-state index in [2.05, 4.69) is 15.1 Å². The van der Waals surface area contributed by atoms with Gasteiger partial charge in [-0.25, -0.2) is 4.68 Å². The highest BCUT2D eigenvalue weighted by Crippen LogP contribution is 2.24. The van der Waals surface area contributed by atoms with Gasteiger partial charge in [0.25, 0.3) is 11.5 Å². The molecule has 1 fully saturated rings. The molecule has 0 saturated carbocycles. The van der Waals surface area contributed by atoms with Gasteiger partial charge in [0.2, 0.25) is 0 Å². The number of hydrogen-bond acceptors (Lipinski definition) is 5. The number of carbonyl (C=O) groups is 1. The molecule has 154 valence electrons. The van der Waals surface area contributed by atoms with E-state index < -0.39 is 0 Å². The first-order chi connectivity index (χ1) is 15.2. The Labute approximate surface area is 179 Å². The fourth-order valence-electron chi connectivity index (χ4n) is 4.17. The lowest BCUT2D eigenvalue weighted by atomic mass is 10.1. The Morgan fingerprint density at radius 1 is 1.00 bits per heavy atom. The van der Waals surface area contributed by atoms with E-state index >= 15 is 0 Å². The number of benzene rings is 1. The monoisotopic (exact) mass is 411 g/mol. The molecule has 4 heterocycles. The van der Waals surface area contributed by atoms with E-state index in [1.54, 1.807) is 24.7 Å². The van der Waals surface area contributed by atoms with Crippen molar-refractivity contribution in [3.63, 3.8) is 0 Å². The number of pyridine rings is 2. The molecule has 7 nitrogen and oxygen atoms in total. The number of rotatable bonds is 4. The maximum atomic E-state index is 13.4. The molecule has 0 N–H and O–H groups in total. The molecule has 1 unspecified atom stereocenters. The van der Waals surface area contributed by atoms with Gasteiger partial charge in [-0.15, -0.1) is 0 Å². The average molecular weight is 411 g/mol. The Bertz CT molecular complexity index is 1300. The van der Waals surface area contributed by atoms with Crippen molar-refractivity contribution in [1.82, 2.24) is 24.6 Å². The van der Waals surface area contributed by atoms with Crippen molar-refractivity contribution in [2.75, 3.05) is 6.54 Å². The van der Waals surface area contributed by atoms with Crippen molar-refractivity contribution in [3.05, 3.63) is 89.2 Å². The van der Waals surface area contributed by atoms with E-state index in [1.807, 2.05) is 47.4 Å². The van der Waals surface area contributed by atoms with Crippen molar-refractivity contribution >= 4 is 16.7 Å². The van der Waals surface area contributed by atoms with Crippen LogP contribution in [0.25, 0.3) is 22.0 Å². The van der Waals surface area contributed by atoms with Gasteiger partial charge >= 0.3 is 0 Å². The molecule has 0 aliphatic carbocycles. The van der Waals surface area contributed by atoms with Crippen LogP contribution >= 0.6 is 0 Å². The quantitative estimate of drug-likeness (QED) is 0.515. The predicted molar refractivity (Wildman–Crippen MR) is 118 cm³/mol. The number of carbonyl (C=O) groups excluding carboxylic acids is 1. The fraction of sp³-hybridized carbons (Fsp3) is 0.208. The van der Waals surface area contributed by atoms with Crippen LogP contribution in [0, 0.1) is 0 Å². The van der Waals surface area contributed by atoms with Gasteiger partial charge in [0.1, 0.15) is 5.69 Å². The van der Waals surface area contributed by atoms with Gasteiger partial charge in [0.05, 0.1) is 18.3 Å². The Morgan fingerprint density at radius 2 is 1.84 bits per heavy atom. The number of amides is 1. The standard InChI is InChI=1S/C24H21N5O2/c30-22-8-7-21(18-9-12-25-13-10-18)27-29(22)16-19-5-3-15-28(19)24(31)23-20-6-2-1-4-17(20)11-14-26-23/h1-2,4,6-14,19H,3,5,15-16H2. The highest BCUT2D eigenvalue weighted by atomic mass is 16.2. The van der Waals surface area contributed by atoms with Gasteiger partial charge in [-0.1, -0.05) is 24.3 Å². The van der Waals surface area contributed by atoms with Crippen molar-refractivity contribution in [3.8, 4) is 11.3 Å². The molecule has 7 heteroatoms. The zero-order valence-electron chi connectivity index (χ0n) is 16.9. The lowest BCUT2D eigenvalue weighted by Gasteiger charge is -2.25. The maximum absolute atomic E-state index is 13.4. The van der Waals surface area contributed by atoms with E-state index in [0.29, 0.717) is 24.5 Å². The summed E-state index contributed by atoms with van der Waals surface area (Å²) in [5, 5.41) is 6.37. The first kappa shape index (κ1) is 19.1. The first-order valence-corrected chi connectivity index (χ1v) is 10.3. The molecular formula is C24H21N5O2. The third kappa shape index (κ3) is 3.70. The molecule has 5 rings (SSSR count). The molecule has 1 amide bonds. The summed E-state index contributed by atoms with van der Waals surface area (Å²) >= 11 is 0. The van der Waals surface area contributed by atoms with Crippen LogP contribution in [0.1, 0.15) is 23.3 Å². The fourth-order valence-corrected chi connectivity index (χ4v) is 4.17. The molecular weight excluding hydrogens is 390 g/mol. The lowest BCUT2D eigenvalue weighted by molar-refractivity contribution is 0.0717. The van der Waals surface area contributed by atoms with E-state index in [-0.39, 0.29) is 17.5 Å². The number of aromatic nitrogens is 4. The molecule has 1 aromatic carbocycles. The number of nitrogens with zero attached hydrogens (tertiary/aromatic N) is 5. The van der Waals surface area contributed by atoms with Crippen LogP contribution in [0.5, 0.6) is 0 Å². The number of hydrogen-bond donors (Lipinski definition) is 0. The first-order valence-electron chi connectivity index (χ1n) is 10.3. The van der Waals surface area contributed by atoms with Gasteiger partial charge in [-0.05, 0) is 42.5 Å². The number of likely N-dealkylation sites (tertiary alicyclic amines) is 1. The van der Waals surface area contributed by atoms with Gasteiger partial charge in [-0.2, -0.15) is 5.10 Å². The van der Waals surface area contributed by atoms with Crippen LogP contribution < -0.4 is 5.56 Å². The third-order valence-corrected chi connectivity index (χ3v) is 5.74. The summed E-state index contributed by atoms with van der Waals surface area (Å²) in [6.07, 6.45) is 6.77. The smallest absolute Gasteiger partial charge is 0.273 e. The molecule has 0 bridgehead atoms. The molecule has 1 atom stereocenters. The summed E-state index contributed by atoms with van der Waals surface area (Å²) < 4.78 is 1.46.